The summed E-state index contributed by atoms with van der Waals surface area (Å²) in [4.78, 5) is 2.00. The molecule has 0 aliphatic heterocycles. The molecule has 0 aliphatic rings. The molecule has 0 unspecified atom stereocenters. The molecule has 0 aromatic rings. The van der Waals surface area contributed by atoms with Crippen LogP contribution in [0, 0.1) is 0 Å². The summed E-state index contributed by atoms with van der Waals surface area (Å²) >= 11 is 0. The minimum Gasteiger partial charge on any atom is -0.412 e. The molecule has 0 radical (unpaired) electrons. The first-order valence-corrected chi connectivity index (χ1v) is 2.34. The van der Waals surface area contributed by atoms with Gasteiger partial charge in [0.1, 0.15) is 0 Å². The van der Waals surface area contributed by atoms with Crippen molar-refractivity contribution in [2.45, 2.75) is 13.8 Å². The lowest BCUT2D eigenvalue weighted by molar-refractivity contribution is 0.505. The van der Waals surface area contributed by atoms with Crippen LogP contribution in [0.3, 0.4) is 0 Å². The molecule has 0 rings (SSSR count). The molecule has 0 fully saturated rings. The van der Waals surface area contributed by atoms with E-state index in [-0.39, 0.29) is 5.48 Å². The van der Waals surface area contributed by atoms with E-state index >= 15 is 0 Å². The van der Waals surface area contributed by atoms with E-state index in [0.29, 0.717) is 0 Å². The van der Waals surface area contributed by atoms with E-state index in [1.807, 2.05) is 39.9 Å². The summed E-state index contributed by atoms with van der Waals surface area (Å²) in [6, 6.07) is 0. The maximum Gasteiger partial charge on any atom is -0.0140 e. The highest BCUT2D eigenvalue weighted by Gasteiger charge is 1.58. The summed E-state index contributed by atoms with van der Waals surface area (Å²) in [5.74, 6) is 0. The third kappa shape index (κ3) is 14200. The largest absolute Gasteiger partial charge is 0.412 e. The first-order valence-electron chi connectivity index (χ1n) is 2.34. The lowest BCUT2D eigenvalue weighted by atomic mass is 11.0. The summed E-state index contributed by atoms with van der Waals surface area (Å²) in [6.07, 6.45) is 0. The fraction of sp³-hybridized carbons (Fsp3) is 1.00. The van der Waals surface area contributed by atoms with Gasteiger partial charge in [-0.05, 0) is 21.1 Å². The first-order chi connectivity index (χ1) is 2.73. The Morgan fingerprint density at radius 2 is 0.857 bits per heavy atom. The van der Waals surface area contributed by atoms with E-state index in [2.05, 4.69) is 0 Å². The van der Waals surface area contributed by atoms with Crippen molar-refractivity contribution in [1.82, 2.24) is 4.90 Å². The molecular formula is C5H17NO. The van der Waals surface area contributed by atoms with E-state index in [9.17, 15) is 0 Å². The Hall–Kier alpha value is -0.0800. The standard InChI is InChI=1S/C3H9N.C2H6.H2O/c1-4(2)3;1-2;/h1-3H3;1-2H3;1H2. The second kappa shape index (κ2) is 16.8. The maximum absolute atomic E-state index is 2.00. The van der Waals surface area contributed by atoms with Gasteiger partial charge < -0.3 is 10.4 Å². The summed E-state index contributed by atoms with van der Waals surface area (Å²) in [6.45, 7) is 4.00. The van der Waals surface area contributed by atoms with Crippen LogP contribution in [-0.2, 0) is 0 Å². The van der Waals surface area contributed by atoms with Crippen LogP contribution in [0.4, 0.5) is 0 Å². The number of hydrogen-bond acceptors (Lipinski definition) is 1. The summed E-state index contributed by atoms with van der Waals surface area (Å²) in [5.41, 5.74) is 0. The monoisotopic (exact) mass is 107 g/mol. The SMILES string of the molecule is CC.CN(C)C.O. The molecule has 0 aromatic carbocycles. The maximum atomic E-state index is 2.00. The Balaban J connectivity index is -0.0000000480. The van der Waals surface area contributed by atoms with Gasteiger partial charge in [-0.25, -0.2) is 0 Å². The van der Waals surface area contributed by atoms with Gasteiger partial charge in [0.25, 0.3) is 0 Å². The average Bonchev–Trinajstić information content (AvgIpc) is 1.41. The second-order valence-electron chi connectivity index (χ2n) is 1.34. The Bertz CT molecular complexity index is 12.8. The lowest BCUT2D eigenvalue weighted by Gasteiger charge is -1.90. The molecule has 0 atom stereocenters. The fourth-order valence-corrected chi connectivity index (χ4v) is 0. The minimum absolute atomic E-state index is 0. The molecule has 2 heteroatoms. The molecule has 0 amide bonds. The van der Waals surface area contributed by atoms with Crippen LogP contribution in [0.5, 0.6) is 0 Å². The summed E-state index contributed by atoms with van der Waals surface area (Å²) in [7, 11) is 6.00. The predicted molar refractivity (Wildman–Crippen MR) is 34.6 cm³/mol. The Morgan fingerprint density at radius 1 is 0.857 bits per heavy atom. The smallest absolute Gasteiger partial charge is 0.0140 e. The molecule has 0 saturated heterocycles. The Morgan fingerprint density at radius 3 is 0.857 bits per heavy atom. The van der Waals surface area contributed by atoms with Gasteiger partial charge in [-0.1, -0.05) is 13.8 Å². The summed E-state index contributed by atoms with van der Waals surface area (Å²) in [5, 5.41) is 0. The Kier molecular flexibility index (Phi) is 37.9. The van der Waals surface area contributed by atoms with Gasteiger partial charge in [-0.15, -0.1) is 0 Å². The van der Waals surface area contributed by atoms with Crippen molar-refractivity contribution >= 4 is 0 Å². The second-order valence-corrected chi connectivity index (χ2v) is 1.34. The van der Waals surface area contributed by atoms with Crippen molar-refractivity contribution in [1.29, 1.82) is 0 Å². The van der Waals surface area contributed by atoms with Crippen LogP contribution in [0.15, 0.2) is 0 Å². The normalized spacial score (nSPS) is 6.00. The molecule has 7 heavy (non-hydrogen) atoms. The van der Waals surface area contributed by atoms with Gasteiger partial charge >= 0.3 is 0 Å². The van der Waals surface area contributed by atoms with E-state index in [4.69, 9.17) is 0 Å². The molecule has 0 heterocycles. The van der Waals surface area contributed by atoms with Crippen molar-refractivity contribution in [3.05, 3.63) is 0 Å². The van der Waals surface area contributed by atoms with Crippen molar-refractivity contribution in [2.75, 3.05) is 21.1 Å². The highest BCUT2D eigenvalue weighted by Crippen LogP contribution is 1.47. The van der Waals surface area contributed by atoms with E-state index < -0.39 is 0 Å². The summed E-state index contributed by atoms with van der Waals surface area (Å²) < 4.78 is 0. The van der Waals surface area contributed by atoms with Crippen molar-refractivity contribution in [3.8, 4) is 0 Å². The highest BCUT2D eigenvalue weighted by atomic mass is 16.0. The third-order valence-corrected chi connectivity index (χ3v) is 0. The molecular weight excluding hydrogens is 90.1 g/mol. The van der Waals surface area contributed by atoms with Crippen molar-refractivity contribution < 1.29 is 5.48 Å². The van der Waals surface area contributed by atoms with Crippen molar-refractivity contribution in [3.63, 3.8) is 0 Å². The van der Waals surface area contributed by atoms with Gasteiger partial charge in [-0.2, -0.15) is 0 Å². The number of rotatable bonds is 0. The molecule has 0 saturated carbocycles. The number of hydrogen-bond donors (Lipinski definition) is 0. The van der Waals surface area contributed by atoms with E-state index in [0.717, 1.165) is 0 Å². The van der Waals surface area contributed by atoms with Gasteiger partial charge in [0.2, 0.25) is 0 Å². The molecule has 0 aliphatic carbocycles. The van der Waals surface area contributed by atoms with Crippen LogP contribution < -0.4 is 0 Å². The van der Waals surface area contributed by atoms with Crippen LogP contribution in [0.25, 0.3) is 0 Å². The van der Waals surface area contributed by atoms with Gasteiger partial charge in [0.15, 0.2) is 0 Å². The molecule has 2 N–H and O–H groups in total. The van der Waals surface area contributed by atoms with Crippen LogP contribution in [0.2, 0.25) is 0 Å². The number of nitrogens with zero attached hydrogens (tertiary/aromatic N) is 1. The highest BCUT2D eigenvalue weighted by molar-refractivity contribution is 4.09. The zero-order valence-electron chi connectivity index (χ0n) is 5.95. The molecule has 0 bridgehead atoms. The third-order valence-electron chi connectivity index (χ3n) is 0. The molecule has 0 aromatic heterocycles. The fourth-order valence-electron chi connectivity index (χ4n) is 0. The Labute approximate surface area is 46.4 Å². The van der Waals surface area contributed by atoms with Gasteiger partial charge in [-0.3, -0.25) is 0 Å². The van der Waals surface area contributed by atoms with Gasteiger partial charge in [0, 0.05) is 0 Å². The van der Waals surface area contributed by atoms with Crippen LogP contribution >= 0.6 is 0 Å². The minimum atomic E-state index is 0. The zero-order chi connectivity index (χ0) is 5.58. The molecule has 48 valence electrons. The first kappa shape index (κ1) is 15.8. The zero-order valence-corrected chi connectivity index (χ0v) is 5.95. The molecule has 2 nitrogen and oxygen atoms in total. The molecule has 0 spiro atoms. The lowest BCUT2D eigenvalue weighted by Crippen LogP contribution is -1.99. The topological polar surface area (TPSA) is 34.7 Å². The van der Waals surface area contributed by atoms with Crippen molar-refractivity contribution in [2.24, 2.45) is 0 Å². The van der Waals surface area contributed by atoms with E-state index in [1.165, 1.54) is 0 Å². The van der Waals surface area contributed by atoms with Crippen LogP contribution in [-0.4, -0.2) is 31.5 Å². The predicted octanol–water partition coefficient (Wildman–Crippen LogP) is 0.379. The van der Waals surface area contributed by atoms with Crippen LogP contribution in [0.1, 0.15) is 13.8 Å². The average molecular weight is 107 g/mol. The van der Waals surface area contributed by atoms with Gasteiger partial charge in [0.05, 0.1) is 0 Å². The van der Waals surface area contributed by atoms with E-state index in [1.54, 1.807) is 0 Å². The quantitative estimate of drug-likeness (QED) is 0.440.